The van der Waals surface area contributed by atoms with Crippen LogP contribution in [0.25, 0.3) is 0 Å². The van der Waals surface area contributed by atoms with Gasteiger partial charge in [-0.1, -0.05) is 26.8 Å². The van der Waals surface area contributed by atoms with Crippen molar-refractivity contribution in [1.82, 2.24) is 0 Å². The zero-order chi connectivity index (χ0) is 22.4. The molecule has 1 N–H and O–H groups in total. The Labute approximate surface area is 176 Å². The van der Waals surface area contributed by atoms with E-state index in [1.807, 2.05) is 20.8 Å². The maximum atomic E-state index is 12.4. The molecule has 2 rings (SSSR count). The number of carbonyl (C=O) groups is 1. The van der Waals surface area contributed by atoms with Gasteiger partial charge in [0.2, 0.25) is 9.84 Å². The lowest BCUT2D eigenvalue weighted by Crippen LogP contribution is -2.22. The van der Waals surface area contributed by atoms with Gasteiger partial charge in [0.05, 0.1) is 18.1 Å². The first-order chi connectivity index (χ1) is 14.1. The van der Waals surface area contributed by atoms with E-state index in [4.69, 9.17) is 14.7 Å². The van der Waals surface area contributed by atoms with Crippen molar-refractivity contribution in [3.8, 4) is 17.6 Å². The molecule has 0 radical (unpaired) electrons. The van der Waals surface area contributed by atoms with Crippen LogP contribution in [0.5, 0.6) is 11.5 Å². The minimum atomic E-state index is -3.75. The summed E-state index contributed by atoms with van der Waals surface area (Å²) in [7, 11) is -2.21. The number of nitrogens with one attached hydrogen (secondary N) is 1. The Morgan fingerprint density at radius 2 is 1.93 bits per heavy atom. The number of rotatable bonds is 7. The molecule has 8 heteroatoms. The molecule has 0 heterocycles. The molecule has 0 fully saturated rings. The average molecular weight is 429 g/mol. The topological polar surface area (TPSA) is 105 Å². The zero-order valence-corrected chi connectivity index (χ0v) is 18.1. The third kappa shape index (κ3) is 6.09. The van der Waals surface area contributed by atoms with Gasteiger partial charge in [0.25, 0.3) is 5.91 Å². The van der Waals surface area contributed by atoms with Crippen LogP contribution in [0.4, 0.5) is 5.69 Å². The molecular formula is C22H24N2O5S. The van der Waals surface area contributed by atoms with Crippen LogP contribution in [0.15, 0.2) is 58.8 Å². The Bertz CT molecular complexity index is 1090. The van der Waals surface area contributed by atoms with Crippen molar-refractivity contribution in [3.63, 3.8) is 0 Å². The SMILES string of the molecule is COc1cccc(NC(=O)COc2ccc(S(=O)(=O)/C=C/C#N)cc2C(C)(C)C)c1. The van der Waals surface area contributed by atoms with Crippen LogP contribution in [0.1, 0.15) is 26.3 Å². The highest BCUT2D eigenvalue weighted by Gasteiger charge is 2.23. The van der Waals surface area contributed by atoms with Gasteiger partial charge in [0, 0.05) is 28.8 Å². The summed E-state index contributed by atoms with van der Waals surface area (Å²) in [6.07, 6.45) is 0.916. The second-order valence-electron chi connectivity index (χ2n) is 7.45. The number of nitriles is 1. The molecule has 0 spiro atoms. The summed E-state index contributed by atoms with van der Waals surface area (Å²) < 4.78 is 35.5. The lowest BCUT2D eigenvalue weighted by molar-refractivity contribution is -0.118. The number of hydrogen-bond donors (Lipinski definition) is 1. The fraction of sp³-hybridized carbons (Fsp3) is 0.273. The predicted molar refractivity (Wildman–Crippen MR) is 114 cm³/mol. The van der Waals surface area contributed by atoms with Gasteiger partial charge in [-0.05, 0) is 35.7 Å². The molecule has 0 aliphatic carbocycles. The fourth-order valence-electron chi connectivity index (χ4n) is 2.64. The smallest absolute Gasteiger partial charge is 0.262 e. The first kappa shape index (κ1) is 23.0. The molecule has 158 valence electrons. The number of ether oxygens (including phenoxy) is 2. The highest BCUT2D eigenvalue weighted by molar-refractivity contribution is 7.94. The summed E-state index contributed by atoms with van der Waals surface area (Å²) in [5.74, 6) is 0.661. The lowest BCUT2D eigenvalue weighted by atomic mass is 9.86. The summed E-state index contributed by atoms with van der Waals surface area (Å²) >= 11 is 0. The Balaban J connectivity index is 2.21. The summed E-state index contributed by atoms with van der Waals surface area (Å²) in [5.41, 5.74) is 0.760. The van der Waals surface area contributed by atoms with E-state index >= 15 is 0 Å². The van der Waals surface area contributed by atoms with Gasteiger partial charge in [0.1, 0.15) is 11.5 Å². The van der Waals surface area contributed by atoms with Gasteiger partial charge >= 0.3 is 0 Å². The second kappa shape index (κ2) is 9.46. The monoisotopic (exact) mass is 428 g/mol. The molecular weight excluding hydrogens is 404 g/mol. The van der Waals surface area contributed by atoms with E-state index < -0.39 is 15.3 Å². The number of amides is 1. The van der Waals surface area contributed by atoms with E-state index in [2.05, 4.69) is 5.32 Å². The maximum absolute atomic E-state index is 12.4. The molecule has 1 amide bonds. The zero-order valence-electron chi connectivity index (χ0n) is 17.3. The van der Waals surface area contributed by atoms with Gasteiger partial charge in [-0.25, -0.2) is 8.42 Å². The third-order valence-electron chi connectivity index (χ3n) is 4.12. The van der Waals surface area contributed by atoms with E-state index in [1.165, 1.54) is 25.3 Å². The van der Waals surface area contributed by atoms with Crippen molar-refractivity contribution in [3.05, 3.63) is 59.5 Å². The Morgan fingerprint density at radius 3 is 2.57 bits per heavy atom. The first-order valence-electron chi connectivity index (χ1n) is 9.09. The summed E-state index contributed by atoms with van der Waals surface area (Å²) in [6.45, 7) is 5.48. The predicted octanol–water partition coefficient (Wildman–Crippen LogP) is 3.82. The van der Waals surface area contributed by atoms with Crippen LogP contribution in [0.2, 0.25) is 0 Å². The molecule has 0 bridgehead atoms. The van der Waals surface area contributed by atoms with Crippen LogP contribution in [0, 0.1) is 11.3 Å². The van der Waals surface area contributed by atoms with Crippen molar-refractivity contribution < 1.29 is 22.7 Å². The molecule has 7 nitrogen and oxygen atoms in total. The van der Waals surface area contributed by atoms with Gasteiger partial charge < -0.3 is 14.8 Å². The average Bonchev–Trinajstić information content (AvgIpc) is 2.70. The Hall–Kier alpha value is -3.31. The molecule has 0 saturated carbocycles. The molecule has 0 aromatic heterocycles. The highest BCUT2D eigenvalue weighted by Crippen LogP contribution is 2.34. The van der Waals surface area contributed by atoms with Gasteiger partial charge in [-0.2, -0.15) is 5.26 Å². The molecule has 0 saturated heterocycles. The van der Waals surface area contributed by atoms with Crippen LogP contribution in [-0.4, -0.2) is 28.0 Å². The van der Waals surface area contributed by atoms with Crippen LogP contribution in [-0.2, 0) is 20.0 Å². The maximum Gasteiger partial charge on any atom is 0.262 e. The minimum Gasteiger partial charge on any atom is -0.497 e. The second-order valence-corrected chi connectivity index (χ2v) is 9.29. The summed E-state index contributed by atoms with van der Waals surface area (Å²) in [5, 5.41) is 12.2. The van der Waals surface area contributed by atoms with E-state index in [0.717, 1.165) is 11.5 Å². The standard InChI is InChI=1S/C22H24N2O5S/c1-22(2,3)19-14-18(30(26,27)12-6-11-23)9-10-20(19)29-15-21(25)24-16-7-5-8-17(13-16)28-4/h5-10,12-14H,15H2,1-4H3,(H,24,25)/b12-6+. The van der Waals surface area contributed by atoms with E-state index in [1.54, 1.807) is 30.3 Å². The van der Waals surface area contributed by atoms with Crippen LogP contribution < -0.4 is 14.8 Å². The normalized spacial score (nSPS) is 11.7. The number of nitrogens with zero attached hydrogens (tertiary/aromatic N) is 1. The van der Waals surface area contributed by atoms with Crippen molar-refractivity contribution in [2.24, 2.45) is 0 Å². The van der Waals surface area contributed by atoms with Crippen molar-refractivity contribution in [2.45, 2.75) is 31.1 Å². The molecule has 0 unspecified atom stereocenters. The number of hydrogen-bond acceptors (Lipinski definition) is 6. The quantitative estimate of drug-likeness (QED) is 0.672. The summed E-state index contributed by atoms with van der Waals surface area (Å²) in [6, 6.07) is 13.0. The van der Waals surface area contributed by atoms with E-state index in [0.29, 0.717) is 22.7 Å². The molecule has 0 aliphatic heterocycles. The van der Waals surface area contributed by atoms with Crippen LogP contribution in [0.3, 0.4) is 0 Å². The molecule has 0 aliphatic rings. The highest BCUT2D eigenvalue weighted by atomic mass is 32.2. The Morgan fingerprint density at radius 1 is 1.20 bits per heavy atom. The van der Waals surface area contributed by atoms with Gasteiger partial charge in [-0.3, -0.25) is 4.79 Å². The lowest BCUT2D eigenvalue weighted by Gasteiger charge is -2.23. The fourth-order valence-corrected chi connectivity index (χ4v) is 3.57. The molecule has 2 aromatic carbocycles. The summed E-state index contributed by atoms with van der Waals surface area (Å²) in [4.78, 5) is 12.3. The number of carbonyl (C=O) groups excluding carboxylic acids is 1. The molecule has 30 heavy (non-hydrogen) atoms. The van der Waals surface area contributed by atoms with Crippen molar-refractivity contribution in [2.75, 3.05) is 19.0 Å². The van der Waals surface area contributed by atoms with E-state index in [-0.39, 0.29) is 17.4 Å². The number of methoxy groups -OCH3 is 1. The molecule has 0 atom stereocenters. The number of anilines is 1. The van der Waals surface area contributed by atoms with E-state index in [9.17, 15) is 13.2 Å². The largest absolute Gasteiger partial charge is 0.497 e. The van der Waals surface area contributed by atoms with Gasteiger partial charge in [-0.15, -0.1) is 0 Å². The van der Waals surface area contributed by atoms with Crippen molar-refractivity contribution in [1.29, 1.82) is 5.26 Å². The number of benzene rings is 2. The van der Waals surface area contributed by atoms with Crippen molar-refractivity contribution >= 4 is 21.4 Å². The van der Waals surface area contributed by atoms with Crippen LogP contribution >= 0.6 is 0 Å². The van der Waals surface area contributed by atoms with Gasteiger partial charge in [0.15, 0.2) is 6.61 Å². The third-order valence-corrected chi connectivity index (χ3v) is 5.53. The first-order valence-corrected chi connectivity index (χ1v) is 10.6. The Kier molecular flexibility index (Phi) is 7.24. The number of allylic oxidation sites excluding steroid dienone is 1. The minimum absolute atomic E-state index is 0.0482. The molecule has 2 aromatic rings. The number of sulfone groups is 1.